The quantitative estimate of drug-likeness (QED) is 0.510. The average molecular weight is 160 g/mol. The van der Waals surface area contributed by atoms with E-state index in [-0.39, 0.29) is 0 Å². The number of rotatable bonds is 0. The molecule has 38 valence electrons. The van der Waals surface area contributed by atoms with E-state index < -0.39 is 0 Å². The molecular weight excluding hydrogens is 153 g/mol. The first kappa shape index (κ1) is 5.07. The van der Waals surface area contributed by atoms with E-state index in [4.69, 9.17) is 0 Å². The van der Waals surface area contributed by atoms with Crippen LogP contribution in [-0.2, 0) is 0 Å². The summed E-state index contributed by atoms with van der Waals surface area (Å²) in [5, 5.41) is 0. The van der Waals surface area contributed by atoms with Crippen LogP contribution in [0.5, 0.6) is 0 Å². The SMILES string of the molecule is Cc1cc(C)[se]n1. The fourth-order valence-electron chi connectivity index (χ4n) is 0.491. The second-order valence-electron chi connectivity index (χ2n) is 1.58. The zero-order valence-corrected chi connectivity index (χ0v) is 6.15. The molecule has 1 aromatic rings. The van der Waals surface area contributed by atoms with Crippen molar-refractivity contribution in [1.82, 2.24) is 3.98 Å². The molecule has 0 aliphatic rings. The summed E-state index contributed by atoms with van der Waals surface area (Å²) < 4.78 is 5.64. The fourth-order valence-corrected chi connectivity index (χ4v) is 1.67. The Bertz CT molecular complexity index is 140. The normalized spacial score (nSPS) is 9.43. The predicted octanol–water partition coefficient (Wildman–Crippen LogP) is 0.755. The predicted molar refractivity (Wildman–Crippen MR) is 30.7 cm³/mol. The number of nitrogens with zero attached hydrogens (tertiary/aromatic N) is 1. The Balaban J connectivity index is 3.04. The van der Waals surface area contributed by atoms with E-state index in [1.54, 1.807) is 0 Å². The summed E-state index contributed by atoms with van der Waals surface area (Å²) >= 11 is 0.448. The second kappa shape index (κ2) is 1.81. The van der Waals surface area contributed by atoms with Crippen LogP contribution >= 0.6 is 0 Å². The first-order valence-electron chi connectivity index (χ1n) is 2.19. The third kappa shape index (κ3) is 1.15. The van der Waals surface area contributed by atoms with Crippen molar-refractivity contribution in [3.8, 4) is 0 Å². The average Bonchev–Trinajstić information content (AvgIpc) is 1.87. The molecule has 0 amide bonds. The van der Waals surface area contributed by atoms with Gasteiger partial charge in [0.1, 0.15) is 0 Å². The Hall–Kier alpha value is -0.0705. The molecule has 0 spiro atoms. The zero-order valence-electron chi connectivity index (χ0n) is 4.43. The van der Waals surface area contributed by atoms with Crippen molar-refractivity contribution in [3.63, 3.8) is 0 Å². The van der Waals surface area contributed by atoms with E-state index in [2.05, 4.69) is 17.0 Å². The molecule has 0 saturated heterocycles. The Morgan fingerprint density at radius 1 is 1.57 bits per heavy atom. The van der Waals surface area contributed by atoms with Crippen LogP contribution in [0.2, 0.25) is 0 Å². The van der Waals surface area contributed by atoms with Crippen molar-refractivity contribution in [2.45, 2.75) is 13.8 Å². The molecule has 0 aliphatic carbocycles. The molecule has 0 atom stereocenters. The molecule has 0 N–H and O–H groups in total. The number of aromatic nitrogens is 1. The van der Waals surface area contributed by atoms with Crippen LogP contribution in [0.15, 0.2) is 6.07 Å². The number of hydrogen-bond donors (Lipinski definition) is 0. The van der Waals surface area contributed by atoms with E-state index in [1.807, 2.05) is 6.92 Å². The van der Waals surface area contributed by atoms with Crippen molar-refractivity contribution in [2.24, 2.45) is 0 Å². The summed E-state index contributed by atoms with van der Waals surface area (Å²) in [6.07, 6.45) is 0. The van der Waals surface area contributed by atoms with Crippen molar-refractivity contribution < 1.29 is 0 Å². The minimum atomic E-state index is 0.448. The van der Waals surface area contributed by atoms with Gasteiger partial charge in [-0.05, 0) is 0 Å². The van der Waals surface area contributed by atoms with Crippen LogP contribution in [0, 0.1) is 13.8 Å². The van der Waals surface area contributed by atoms with Gasteiger partial charge >= 0.3 is 48.8 Å². The molecular formula is C5H7NSe. The molecule has 0 fully saturated rings. The molecule has 0 aliphatic heterocycles. The molecule has 0 radical (unpaired) electrons. The summed E-state index contributed by atoms with van der Waals surface area (Å²) in [6.45, 7) is 4.16. The van der Waals surface area contributed by atoms with Gasteiger partial charge in [0, 0.05) is 0 Å². The van der Waals surface area contributed by atoms with Crippen molar-refractivity contribution >= 4 is 14.7 Å². The van der Waals surface area contributed by atoms with Gasteiger partial charge in [-0.1, -0.05) is 0 Å². The van der Waals surface area contributed by atoms with Crippen molar-refractivity contribution in [2.75, 3.05) is 0 Å². The van der Waals surface area contributed by atoms with Crippen LogP contribution < -0.4 is 0 Å². The molecule has 7 heavy (non-hydrogen) atoms. The number of aryl methyl sites for hydroxylation is 2. The van der Waals surface area contributed by atoms with Crippen LogP contribution in [-0.4, -0.2) is 18.7 Å². The van der Waals surface area contributed by atoms with Gasteiger partial charge in [-0.3, -0.25) is 0 Å². The van der Waals surface area contributed by atoms with Gasteiger partial charge in [-0.2, -0.15) is 0 Å². The molecule has 2 heteroatoms. The standard InChI is InChI=1S/C5H7NSe/c1-4-3-5(2)7-6-4/h3H,1-2H3. The fraction of sp³-hybridized carbons (Fsp3) is 0.400. The van der Waals surface area contributed by atoms with Gasteiger partial charge in [0.2, 0.25) is 0 Å². The van der Waals surface area contributed by atoms with Gasteiger partial charge in [-0.15, -0.1) is 0 Å². The summed E-state index contributed by atoms with van der Waals surface area (Å²) in [6, 6.07) is 2.14. The van der Waals surface area contributed by atoms with Crippen LogP contribution in [0.4, 0.5) is 0 Å². The summed E-state index contributed by atoms with van der Waals surface area (Å²) in [4.78, 5) is 0. The van der Waals surface area contributed by atoms with Gasteiger partial charge < -0.3 is 0 Å². The zero-order chi connectivity index (χ0) is 5.28. The van der Waals surface area contributed by atoms with Crippen LogP contribution in [0.3, 0.4) is 0 Å². The minimum absolute atomic E-state index is 0.448. The van der Waals surface area contributed by atoms with E-state index in [0.29, 0.717) is 14.7 Å². The van der Waals surface area contributed by atoms with E-state index in [9.17, 15) is 0 Å². The van der Waals surface area contributed by atoms with Crippen LogP contribution in [0.1, 0.15) is 10.1 Å². The Morgan fingerprint density at radius 3 is 2.43 bits per heavy atom. The number of hydrogen-bond acceptors (Lipinski definition) is 1. The van der Waals surface area contributed by atoms with E-state index in [0.717, 1.165) is 0 Å². The Morgan fingerprint density at radius 2 is 2.29 bits per heavy atom. The summed E-state index contributed by atoms with van der Waals surface area (Å²) in [5.41, 5.74) is 1.19. The molecule has 0 saturated carbocycles. The molecule has 1 nitrogen and oxygen atoms in total. The monoisotopic (exact) mass is 161 g/mol. The molecule has 0 unspecified atom stereocenters. The topological polar surface area (TPSA) is 12.9 Å². The Kier molecular flexibility index (Phi) is 1.31. The first-order chi connectivity index (χ1) is 3.29. The van der Waals surface area contributed by atoms with Crippen molar-refractivity contribution in [1.29, 1.82) is 0 Å². The molecule has 0 bridgehead atoms. The molecule has 1 rings (SSSR count). The van der Waals surface area contributed by atoms with Gasteiger partial charge in [-0.25, -0.2) is 0 Å². The van der Waals surface area contributed by atoms with Crippen molar-refractivity contribution in [3.05, 3.63) is 16.2 Å². The van der Waals surface area contributed by atoms with Crippen LogP contribution in [0.25, 0.3) is 0 Å². The van der Waals surface area contributed by atoms with E-state index in [1.165, 1.54) is 10.1 Å². The van der Waals surface area contributed by atoms with E-state index >= 15 is 0 Å². The van der Waals surface area contributed by atoms with Gasteiger partial charge in [0.15, 0.2) is 0 Å². The maximum atomic E-state index is 4.20. The summed E-state index contributed by atoms with van der Waals surface area (Å²) in [5.74, 6) is 0. The maximum absolute atomic E-state index is 4.20. The third-order valence-corrected chi connectivity index (χ3v) is 2.39. The molecule has 1 heterocycles. The molecule has 1 aromatic heterocycles. The Labute approximate surface area is 49.4 Å². The second-order valence-corrected chi connectivity index (χ2v) is 3.70. The molecule has 0 aromatic carbocycles. The third-order valence-electron chi connectivity index (χ3n) is 0.746. The first-order valence-corrected chi connectivity index (χ1v) is 3.81. The van der Waals surface area contributed by atoms with Gasteiger partial charge in [0.25, 0.3) is 0 Å². The summed E-state index contributed by atoms with van der Waals surface area (Å²) in [7, 11) is 0. The van der Waals surface area contributed by atoms with Gasteiger partial charge in [0.05, 0.1) is 0 Å².